The van der Waals surface area contributed by atoms with E-state index in [-0.39, 0.29) is 5.91 Å². The highest BCUT2D eigenvalue weighted by molar-refractivity contribution is 6.17. The average molecular weight is 435 g/mol. The second-order valence-corrected chi connectivity index (χ2v) is 7.32. The Hall–Kier alpha value is -2.80. The summed E-state index contributed by atoms with van der Waals surface area (Å²) in [5, 5.41) is 5.92. The Balaban J connectivity index is 2.45. The lowest BCUT2D eigenvalue weighted by molar-refractivity contribution is -0.137. The minimum Gasteiger partial charge on any atom is -0.466 e. The van der Waals surface area contributed by atoms with Crippen LogP contribution in [0.25, 0.3) is 0 Å². The number of ether oxygens (including phenoxy) is 2. The number of nitrogens with one attached hydrogen (secondary N) is 2. The molecule has 1 heterocycles. The molecule has 0 bridgehead atoms. The minimum absolute atomic E-state index is 0.123. The number of hydrogen-bond acceptors (Lipinski definition) is 6. The standard InChI is InChI=1S/C22H27ClN2O5/c1-13-18(21(27)29-3)20(19(14(2)24-13)22(28)30-4)15-8-7-9-16(12-15)25-17(26)10-5-6-11-23/h7-9,12,20,24H,5-6,10-11H2,1-4H3,(H,25,26). The Labute approximate surface area is 181 Å². The molecule has 7 nitrogen and oxygen atoms in total. The van der Waals surface area contributed by atoms with Gasteiger partial charge < -0.3 is 20.1 Å². The molecule has 0 atom stereocenters. The summed E-state index contributed by atoms with van der Waals surface area (Å²) in [6.45, 7) is 3.50. The fraction of sp³-hybridized carbons (Fsp3) is 0.409. The normalized spacial score (nSPS) is 14.3. The third-order valence-electron chi connectivity index (χ3n) is 4.86. The number of allylic oxidation sites excluding steroid dienone is 2. The summed E-state index contributed by atoms with van der Waals surface area (Å²) in [5.41, 5.74) is 3.04. The number of unbranched alkanes of at least 4 members (excludes halogenated alkanes) is 1. The van der Waals surface area contributed by atoms with Crippen molar-refractivity contribution in [3.63, 3.8) is 0 Å². The van der Waals surface area contributed by atoms with E-state index in [2.05, 4.69) is 10.6 Å². The molecule has 0 aliphatic carbocycles. The maximum atomic E-state index is 12.6. The van der Waals surface area contributed by atoms with Gasteiger partial charge in [0.25, 0.3) is 0 Å². The maximum absolute atomic E-state index is 12.6. The highest BCUT2D eigenvalue weighted by atomic mass is 35.5. The molecular weight excluding hydrogens is 408 g/mol. The molecule has 2 N–H and O–H groups in total. The van der Waals surface area contributed by atoms with E-state index in [4.69, 9.17) is 21.1 Å². The molecule has 30 heavy (non-hydrogen) atoms. The number of carbonyl (C=O) groups excluding carboxylic acids is 3. The summed E-state index contributed by atoms with van der Waals surface area (Å²) in [5.74, 6) is -1.40. The molecule has 1 aliphatic heterocycles. The molecular formula is C22H27ClN2O5. The summed E-state index contributed by atoms with van der Waals surface area (Å²) in [6.07, 6.45) is 1.83. The zero-order valence-electron chi connectivity index (χ0n) is 17.6. The average Bonchev–Trinajstić information content (AvgIpc) is 2.72. The zero-order chi connectivity index (χ0) is 22.3. The molecule has 162 valence electrons. The minimum atomic E-state index is -0.695. The van der Waals surface area contributed by atoms with Gasteiger partial charge in [-0.15, -0.1) is 11.6 Å². The van der Waals surface area contributed by atoms with Crippen LogP contribution in [-0.4, -0.2) is 37.9 Å². The van der Waals surface area contributed by atoms with Gasteiger partial charge in [-0.2, -0.15) is 0 Å². The lowest BCUT2D eigenvalue weighted by Gasteiger charge is -2.30. The molecule has 1 aromatic carbocycles. The third-order valence-corrected chi connectivity index (χ3v) is 5.13. The van der Waals surface area contributed by atoms with Crippen molar-refractivity contribution in [2.24, 2.45) is 0 Å². The zero-order valence-corrected chi connectivity index (χ0v) is 18.4. The number of methoxy groups -OCH3 is 2. The predicted molar refractivity (Wildman–Crippen MR) is 115 cm³/mol. The van der Waals surface area contributed by atoms with Crippen LogP contribution in [0.3, 0.4) is 0 Å². The van der Waals surface area contributed by atoms with Gasteiger partial charge in [0.2, 0.25) is 5.91 Å². The van der Waals surface area contributed by atoms with E-state index in [1.54, 1.807) is 38.1 Å². The number of carbonyl (C=O) groups is 3. The molecule has 1 aromatic rings. The van der Waals surface area contributed by atoms with Gasteiger partial charge in [-0.3, -0.25) is 4.79 Å². The molecule has 0 fully saturated rings. The van der Waals surface area contributed by atoms with E-state index >= 15 is 0 Å². The molecule has 1 amide bonds. The van der Waals surface area contributed by atoms with Crippen molar-refractivity contribution in [1.29, 1.82) is 0 Å². The van der Waals surface area contributed by atoms with E-state index in [0.29, 0.717) is 52.5 Å². The van der Waals surface area contributed by atoms with Crippen molar-refractivity contribution in [2.75, 3.05) is 25.4 Å². The monoisotopic (exact) mass is 434 g/mol. The molecule has 0 aromatic heterocycles. The van der Waals surface area contributed by atoms with Crippen molar-refractivity contribution >= 4 is 35.1 Å². The first-order valence-corrected chi connectivity index (χ1v) is 10.2. The van der Waals surface area contributed by atoms with Crippen LogP contribution in [0.15, 0.2) is 46.8 Å². The maximum Gasteiger partial charge on any atom is 0.336 e. The SMILES string of the molecule is COC(=O)C1=C(C)NC(C)=C(C(=O)OC)C1c1cccc(NC(=O)CCCCCl)c1. The molecule has 0 saturated carbocycles. The van der Waals surface area contributed by atoms with Gasteiger partial charge >= 0.3 is 11.9 Å². The Morgan fingerprint density at radius 2 is 1.63 bits per heavy atom. The number of amides is 1. The van der Waals surface area contributed by atoms with Crippen LogP contribution in [0.4, 0.5) is 5.69 Å². The number of anilines is 1. The quantitative estimate of drug-likeness (QED) is 0.369. The van der Waals surface area contributed by atoms with E-state index in [0.717, 1.165) is 6.42 Å². The molecule has 0 spiro atoms. The summed E-state index contributed by atoms with van der Waals surface area (Å²) in [7, 11) is 2.58. The van der Waals surface area contributed by atoms with Crippen molar-refractivity contribution in [1.82, 2.24) is 5.32 Å². The highest BCUT2D eigenvalue weighted by Crippen LogP contribution is 2.39. The molecule has 0 saturated heterocycles. The van der Waals surface area contributed by atoms with Crippen LogP contribution in [-0.2, 0) is 23.9 Å². The molecule has 0 unspecified atom stereocenters. The molecule has 2 rings (SSSR count). The van der Waals surface area contributed by atoms with Crippen LogP contribution < -0.4 is 10.6 Å². The highest BCUT2D eigenvalue weighted by Gasteiger charge is 2.37. The second-order valence-electron chi connectivity index (χ2n) is 6.94. The van der Waals surface area contributed by atoms with Gasteiger partial charge in [0, 0.05) is 29.4 Å². The fourth-order valence-corrected chi connectivity index (χ4v) is 3.68. The summed E-state index contributed by atoms with van der Waals surface area (Å²) in [4.78, 5) is 37.3. The first kappa shape index (κ1) is 23.5. The van der Waals surface area contributed by atoms with Crippen LogP contribution >= 0.6 is 11.6 Å². The van der Waals surface area contributed by atoms with Gasteiger partial charge in [0.05, 0.1) is 31.3 Å². The van der Waals surface area contributed by atoms with Gasteiger partial charge in [-0.25, -0.2) is 9.59 Å². The van der Waals surface area contributed by atoms with Crippen LogP contribution in [0.5, 0.6) is 0 Å². The van der Waals surface area contributed by atoms with Crippen molar-refractivity contribution < 1.29 is 23.9 Å². The Bertz CT molecular complexity index is 853. The first-order chi connectivity index (χ1) is 14.3. The van der Waals surface area contributed by atoms with Gasteiger partial charge in [-0.1, -0.05) is 12.1 Å². The predicted octanol–water partition coefficient (Wildman–Crippen LogP) is 3.62. The summed E-state index contributed by atoms with van der Waals surface area (Å²) >= 11 is 5.66. The van der Waals surface area contributed by atoms with Crippen molar-refractivity contribution in [2.45, 2.75) is 39.0 Å². The largest absolute Gasteiger partial charge is 0.466 e. The first-order valence-electron chi connectivity index (χ1n) is 9.65. The van der Waals surface area contributed by atoms with Crippen LogP contribution in [0.2, 0.25) is 0 Å². The number of halogens is 1. The Kier molecular flexibility index (Phi) is 8.47. The van der Waals surface area contributed by atoms with Crippen molar-refractivity contribution in [3.05, 3.63) is 52.4 Å². The number of hydrogen-bond donors (Lipinski definition) is 2. The smallest absolute Gasteiger partial charge is 0.336 e. The van der Waals surface area contributed by atoms with E-state index in [1.807, 2.05) is 0 Å². The third kappa shape index (κ3) is 5.42. The number of alkyl halides is 1. The number of rotatable bonds is 8. The van der Waals surface area contributed by atoms with Gasteiger partial charge in [0.15, 0.2) is 0 Å². The summed E-state index contributed by atoms with van der Waals surface area (Å²) < 4.78 is 9.93. The molecule has 8 heteroatoms. The Morgan fingerprint density at radius 3 is 2.17 bits per heavy atom. The summed E-state index contributed by atoms with van der Waals surface area (Å²) in [6, 6.07) is 7.07. The number of esters is 2. The lowest BCUT2D eigenvalue weighted by atomic mass is 9.80. The molecule has 1 aliphatic rings. The van der Waals surface area contributed by atoms with E-state index in [9.17, 15) is 14.4 Å². The molecule has 0 radical (unpaired) electrons. The van der Waals surface area contributed by atoms with Gasteiger partial charge in [0.1, 0.15) is 0 Å². The van der Waals surface area contributed by atoms with E-state index in [1.165, 1.54) is 14.2 Å². The number of dihydropyridines is 1. The van der Waals surface area contributed by atoms with Crippen LogP contribution in [0.1, 0.15) is 44.6 Å². The second kappa shape index (κ2) is 10.8. The van der Waals surface area contributed by atoms with Crippen LogP contribution in [0, 0.1) is 0 Å². The fourth-order valence-electron chi connectivity index (χ4n) is 3.49. The lowest BCUT2D eigenvalue weighted by Crippen LogP contribution is -2.32. The van der Waals surface area contributed by atoms with Gasteiger partial charge in [-0.05, 0) is 44.4 Å². The van der Waals surface area contributed by atoms with E-state index < -0.39 is 17.9 Å². The van der Waals surface area contributed by atoms with Crippen molar-refractivity contribution in [3.8, 4) is 0 Å². The Morgan fingerprint density at radius 1 is 1.03 bits per heavy atom. The number of benzene rings is 1. The topological polar surface area (TPSA) is 93.7 Å².